The van der Waals surface area contributed by atoms with Gasteiger partial charge in [-0.1, -0.05) is 13.8 Å². The van der Waals surface area contributed by atoms with Crippen LogP contribution in [-0.4, -0.2) is 4.57 Å². The number of hydrogen-bond acceptors (Lipinski definition) is 1. The van der Waals surface area contributed by atoms with Crippen LogP contribution in [0.2, 0.25) is 0 Å². The summed E-state index contributed by atoms with van der Waals surface area (Å²) in [6.07, 6.45) is 5.23. The average molecular weight is 191 g/mol. The minimum Gasteiger partial charge on any atom is -0.318 e. The first-order valence-electron chi connectivity index (χ1n) is 5.32. The van der Waals surface area contributed by atoms with Gasteiger partial charge in [-0.2, -0.15) is 0 Å². The maximum atomic E-state index is 11.8. The molecule has 1 aromatic rings. The number of aromatic nitrogens is 1. The quantitative estimate of drug-likeness (QED) is 0.665. The Morgan fingerprint density at radius 1 is 1.29 bits per heavy atom. The van der Waals surface area contributed by atoms with Gasteiger partial charge < -0.3 is 4.57 Å². The summed E-state index contributed by atoms with van der Waals surface area (Å²) in [6, 6.07) is 0. The third-order valence-electron chi connectivity index (χ3n) is 3.10. The zero-order valence-electron chi connectivity index (χ0n) is 9.13. The van der Waals surface area contributed by atoms with Gasteiger partial charge in [0.1, 0.15) is 0 Å². The second-order valence-electron chi connectivity index (χ2n) is 4.47. The fourth-order valence-electron chi connectivity index (χ4n) is 2.35. The SMILES string of the molecule is CC(C)c1cn(C)c(=O)c2c1CCC2. The van der Waals surface area contributed by atoms with Crippen molar-refractivity contribution in [3.8, 4) is 0 Å². The van der Waals surface area contributed by atoms with Crippen LogP contribution in [0.5, 0.6) is 0 Å². The van der Waals surface area contributed by atoms with Crippen molar-refractivity contribution in [3.63, 3.8) is 0 Å². The molecule has 76 valence electrons. The number of aryl methyl sites for hydroxylation is 1. The van der Waals surface area contributed by atoms with E-state index in [1.807, 2.05) is 13.2 Å². The molecule has 0 amide bonds. The molecule has 14 heavy (non-hydrogen) atoms. The molecule has 0 saturated carbocycles. The molecule has 1 heterocycles. The second-order valence-corrected chi connectivity index (χ2v) is 4.47. The third-order valence-corrected chi connectivity index (χ3v) is 3.10. The van der Waals surface area contributed by atoms with Crippen LogP contribution in [0, 0.1) is 0 Å². The van der Waals surface area contributed by atoms with Crippen molar-refractivity contribution in [2.45, 2.75) is 39.0 Å². The van der Waals surface area contributed by atoms with Gasteiger partial charge in [0.2, 0.25) is 0 Å². The van der Waals surface area contributed by atoms with Crippen LogP contribution in [0.4, 0.5) is 0 Å². The van der Waals surface area contributed by atoms with Gasteiger partial charge in [0.05, 0.1) is 0 Å². The lowest BCUT2D eigenvalue weighted by atomic mass is 9.97. The summed E-state index contributed by atoms with van der Waals surface area (Å²) in [5.74, 6) is 0.522. The monoisotopic (exact) mass is 191 g/mol. The van der Waals surface area contributed by atoms with E-state index < -0.39 is 0 Å². The summed E-state index contributed by atoms with van der Waals surface area (Å²) >= 11 is 0. The van der Waals surface area contributed by atoms with Gasteiger partial charge in [-0.3, -0.25) is 4.79 Å². The van der Waals surface area contributed by atoms with E-state index >= 15 is 0 Å². The Bertz CT molecular complexity index is 415. The Kier molecular flexibility index (Phi) is 2.22. The highest BCUT2D eigenvalue weighted by molar-refractivity contribution is 5.37. The molecule has 2 heteroatoms. The maximum absolute atomic E-state index is 11.8. The first-order valence-corrected chi connectivity index (χ1v) is 5.32. The van der Waals surface area contributed by atoms with Crippen LogP contribution < -0.4 is 5.56 Å². The van der Waals surface area contributed by atoms with Gasteiger partial charge in [0, 0.05) is 18.8 Å². The molecule has 0 aliphatic heterocycles. The highest BCUT2D eigenvalue weighted by Crippen LogP contribution is 2.27. The zero-order chi connectivity index (χ0) is 10.3. The van der Waals surface area contributed by atoms with E-state index in [4.69, 9.17) is 0 Å². The minimum absolute atomic E-state index is 0.210. The molecule has 2 rings (SSSR count). The summed E-state index contributed by atoms with van der Waals surface area (Å²) in [7, 11) is 1.85. The van der Waals surface area contributed by atoms with Crippen LogP contribution >= 0.6 is 0 Å². The zero-order valence-corrected chi connectivity index (χ0v) is 9.13. The van der Waals surface area contributed by atoms with Crippen molar-refractivity contribution in [1.29, 1.82) is 0 Å². The van der Waals surface area contributed by atoms with E-state index in [-0.39, 0.29) is 5.56 Å². The largest absolute Gasteiger partial charge is 0.318 e. The van der Waals surface area contributed by atoms with Gasteiger partial charge >= 0.3 is 0 Å². The number of rotatable bonds is 1. The summed E-state index contributed by atoms with van der Waals surface area (Å²) in [5, 5.41) is 0. The van der Waals surface area contributed by atoms with E-state index in [1.54, 1.807) is 4.57 Å². The average Bonchev–Trinajstić information content (AvgIpc) is 2.59. The first kappa shape index (κ1) is 9.50. The molecule has 0 N–H and O–H groups in total. The molecular formula is C12H17NO. The van der Waals surface area contributed by atoms with Crippen molar-refractivity contribution >= 4 is 0 Å². The molecule has 2 nitrogen and oxygen atoms in total. The lowest BCUT2D eigenvalue weighted by Crippen LogP contribution is -2.22. The van der Waals surface area contributed by atoms with Crippen molar-refractivity contribution < 1.29 is 0 Å². The van der Waals surface area contributed by atoms with Gasteiger partial charge in [0.15, 0.2) is 0 Å². The van der Waals surface area contributed by atoms with Crippen molar-refractivity contribution in [3.05, 3.63) is 33.2 Å². The molecule has 0 saturated heterocycles. The molecular weight excluding hydrogens is 174 g/mol. The number of pyridine rings is 1. The Morgan fingerprint density at radius 3 is 2.57 bits per heavy atom. The normalized spacial score (nSPS) is 14.9. The third kappa shape index (κ3) is 1.29. The molecule has 1 aliphatic rings. The Hall–Kier alpha value is -1.05. The van der Waals surface area contributed by atoms with Gasteiger partial charge in [-0.25, -0.2) is 0 Å². The van der Waals surface area contributed by atoms with E-state index in [1.165, 1.54) is 11.1 Å². The second kappa shape index (κ2) is 3.26. The van der Waals surface area contributed by atoms with Crippen LogP contribution in [-0.2, 0) is 19.9 Å². The molecule has 0 bridgehead atoms. The predicted octanol–water partition coefficient (Wildman–Crippen LogP) is 2.00. The van der Waals surface area contributed by atoms with Crippen LogP contribution in [0.15, 0.2) is 11.0 Å². The predicted molar refractivity (Wildman–Crippen MR) is 57.8 cm³/mol. The molecule has 0 radical (unpaired) electrons. The van der Waals surface area contributed by atoms with Crippen molar-refractivity contribution in [2.75, 3.05) is 0 Å². The lowest BCUT2D eigenvalue weighted by molar-refractivity contribution is 0.776. The van der Waals surface area contributed by atoms with Gasteiger partial charge in [0.25, 0.3) is 5.56 Å². The summed E-state index contributed by atoms with van der Waals surface area (Å²) in [4.78, 5) is 11.8. The van der Waals surface area contributed by atoms with Crippen molar-refractivity contribution in [2.24, 2.45) is 7.05 Å². The Labute approximate surface area is 84.6 Å². The maximum Gasteiger partial charge on any atom is 0.253 e. The van der Waals surface area contributed by atoms with Crippen LogP contribution in [0.25, 0.3) is 0 Å². The van der Waals surface area contributed by atoms with Crippen LogP contribution in [0.3, 0.4) is 0 Å². The number of fused-ring (bicyclic) bond motifs is 1. The standard InChI is InChI=1S/C12H17NO/c1-8(2)11-7-13(3)12(14)10-6-4-5-9(10)11/h7-8H,4-6H2,1-3H3. The fraction of sp³-hybridized carbons (Fsp3) is 0.583. The Morgan fingerprint density at radius 2 is 1.93 bits per heavy atom. The van der Waals surface area contributed by atoms with E-state index in [9.17, 15) is 4.79 Å². The molecule has 0 spiro atoms. The smallest absolute Gasteiger partial charge is 0.253 e. The molecule has 0 aromatic carbocycles. The molecule has 1 aliphatic carbocycles. The lowest BCUT2D eigenvalue weighted by Gasteiger charge is -2.13. The highest BCUT2D eigenvalue weighted by Gasteiger charge is 2.20. The first-order chi connectivity index (χ1) is 6.61. The number of nitrogens with zero attached hydrogens (tertiary/aromatic N) is 1. The fourth-order valence-corrected chi connectivity index (χ4v) is 2.35. The summed E-state index contributed by atoms with van der Waals surface area (Å²) in [5.41, 5.74) is 3.98. The highest BCUT2D eigenvalue weighted by atomic mass is 16.1. The molecule has 0 atom stereocenters. The molecule has 1 aromatic heterocycles. The molecule has 0 unspecified atom stereocenters. The van der Waals surface area contributed by atoms with E-state index in [2.05, 4.69) is 13.8 Å². The summed E-state index contributed by atoms with van der Waals surface area (Å²) < 4.78 is 1.74. The van der Waals surface area contributed by atoms with Gasteiger partial charge in [-0.05, 0) is 36.3 Å². The van der Waals surface area contributed by atoms with Crippen molar-refractivity contribution in [1.82, 2.24) is 4.57 Å². The molecule has 0 fully saturated rings. The Balaban J connectivity index is 2.70. The topological polar surface area (TPSA) is 22.0 Å². The summed E-state index contributed by atoms with van der Waals surface area (Å²) in [6.45, 7) is 4.39. The minimum atomic E-state index is 0.210. The van der Waals surface area contributed by atoms with E-state index in [0.717, 1.165) is 24.8 Å². The van der Waals surface area contributed by atoms with E-state index in [0.29, 0.717) is 5.92 Å². The van der Waals surface area contributed by atoms with Crippen LogP contribution in [0.1, 0.15) is 42.9 Å². The van der Waals surface area contributed by atoms with Gasteiger partial charge in [-0.15, -0.1) is 0 Å². The number of hydrogen-bond donors (Lipinski definition) is 0.